The van der Waals surface area contributed by atoms with Crippen LogP contribution in [0, 0.1) is 12.3 Å². The third-order valence-corrected chi connectivity index (χ3v) is 5.45. The van der Waals surface area contributed by atoms with Crippen LogP contribution in [-0.2, 0) is 10.0 Å². The molecule has 1 aromatic heterocycles. The lowest BCUT2D eigenvalue weighted by Crippen LogP contribution is -2.34. The molecule has 0 aliphatic rings. The third kappa shape index (κ3) is 5.39. The van der Waals surface area contributed by atoms with E-state index in [2.05, 4.69) is 4.72 Å². The summed E-state index contributed by atoms with van der Waals surface area (Å²) in [5, 5.41) is 18.7. The SMILES string of the molecule is Cc1sc(C(=O)O)cc1S(=O)(=O)NCC(O)CC(C)(C)C. The van der Waals surface area contributed by atoms with Crippen LogP contribution >= 0.6 is 11.3 Å². The predicted octanol–water partition coefficient (Wildman–Crippen LogP) is 1.83. The number of nitrogens with one attached hydrogen (secondary N) is 1. The molecule has 0 bridgehead atoms. The smallest absolute Gasteiger partial charge is 0.345 e. The first-order valence-corrected chi connectivity index (χ1v) is 8.74. The van der Waals surface area contributed by atoms with Crippen molar-refractivity contribution in [2.45, 2.75) is 45.1 Å². The Kier molecular flexibility index (Phi) is 5.54. The van der Waals surface area contributed by atoms with E-state index in [-0.39, 0.29) is 21.7 Å². The molecule has 0 radical (unpaired) electrons. The standard InChI is InChI=1S/C13H21NO5S2/c1-8-11(5-10(20-8)12(16)17)21(18,19)14-7-9(15)6-13(2,3)4/h5,9,14-15H,6-7H2,1-4H3,(H,16,17). The fraction of sp³-hybridized carbons (Fsp3) is 0.615. The highest BCUT2D eigenvalue weighted by atomic mass is 32.2. The van der Waals surface area contributed by atoms with Crippen molar-refractivity contribution in [3.63, 3.8) is 0 Å². The Morgan fingerprint density at radius 1 is 1.43 bits per heavy atom. The van der Waals surface area contributed by atoms with Crippen molar-refractivity contribution in [3.05, 3.63) is 15.8 Å². The summed E-state index contributed by atoms with van der Waals surface area (Å²) in [6, 6.07) is 1.14. The molecular weight excluding hydrogens is 314 g/mol. The Hall–Kier alpha value is -0.960. The summed E-state index contributed by atoms with van der Waals surface area (Å²) in [7, 11) is -3.82. The van der Waals surface area contributed by atoms with Crippen LogP contribution in [0.25, 0.3) is 0 Å². The summed E-state index contributed by atoms with van der Waals surface area (Å²) in [6.07, 6.45) is -0.337. The Bertz CT molecular complexity index is 613. The molecule has 1 atom stereocenters. The van der Waals surface area contributed by atoms with E-state index in [0.29, 0.717) is 11.3 Å². The molecule has 0 spiro atoms. The minimum absolute atomic E-state index is 0.0249. The fourth-order valence-corrected chi connectivity index (χ4v) is 4.40. The number of carboxylic acids is 1. The molecule has 8 heteroatoms. The number of aliphatic hydroxyl groups is 1. The number of aryl methyl sites for hydroxylation is 1. The maximum atomic E-state index is 12.2. The van der Waals surface area contributed by atoms with Gasteiger partial charge in [0, 0.05) is 11.4 Å². The average molecular weight is 335 g/mol. The van der Waals surface area contributed by atoms with E-state index in [9.17, 15) is 18.3 Å². The minimum atomic E-state index is -3.82. The number of hydrogen-bond donors (Lipinski definition) is 3. The second-order valence-corrected chi connectivity index (χ2v) is 9.10. The first kappa shape index (κ1) is 18.1. The van der Waals surface area contributed by atoms with Gasteiger partial charge in [0.2, 0.25) is 10.0 Å². The number of aromatic carboxylic acids is 1. The van der Waals surface area contributed by atoms with Crippen molar-refractivity contribution in [1.82, 2.24) is 4.72 Å². The molecule has 0 aliphatic carbocycles. The minimum Gasteiger partial charge on any atom is -0.477 e. The van der Waals surface area contributed by atoms with Crippen LogP contribution < -0.4 is 4.72 Å². The highest BCUT2D eigenvalue weighted by molar-refractivity contribution is 7.89. The summed E-state index contributed by atoms with van der Waals surface area (Å²) < 4.78 is 26.6. The molecule has 1 heterocycles. The van der Waals surface area contributed by atoms with Gasteiger partial charge in [0.05, 0.1) is 11.0 Å². The molecule has 0 amide bonds. The normalized spacial score (nSPS) is 14.1. The van der Waals surface area contributed by atoms with Crippen LogP contribution in [0.5, 0.6) is 0 Å². The molecule has 0 aromatic carbocycles. The topological polar surface area (TPSA) is 104 Å². The van der Waals surface area contributed by atoms with Gasteiger partial charge < -0.3 is 10.2 Å². The molecule has 6 nitrogen and oxygen atoms in total. The zero-order chi connectivity index (χ0) is 16.4. The van der Waals surface area contributed by atoms with Gasteiger partial charge in [0.25, 0.3) is 0 Å². The molecule has 21 heavy (non-hydrogen) atoms. The monoisotopic (exact) mass is 335 g/mol. The molecule has 3 N–H and O–H groups in total. The van der Waals surface area contributed by atoms with E-state index >= 15 is 0 Å². The van der Waals surface area contributed by atoms with Crippen LogP contribution in [0.3, 0.4) is 0 Å². The summed E-state index contributed by atoms with van der Waals surface area (Å²) in [5.74, 6) is -1.16. The van der Waals surface area contributed by atoms with Gasteiger partial charge in [-0.25, -0.2) is 17.9 Å². The van der Waals surface area contributed by atoms with E-state index in [1.54, 1.807) is 6.92 Å². The largest absolute Gasteiger partial charge is 0.477 e. The van der Waals surface area contributed by atoms with Gasteiger partial charge in [-0.15, -0.1) is 11.3 Å². The number of aliphatic hydroxyl groups excluding tert-OH is 1. The molecule has 120 valence electrons. The number of rotatable bonds is 6. The molecule has 1 unspecified atom stereocenters. The van der Waals surface area contributed by atoms with Crippen molar-refractivity contribution < 1.29 is 23.4 Å². The molecule has 1 rings (SSSR count). The summed E-state index contributed by atoms with van der Waals surface area (Å²) in [5.41, 5.74) is -0.111. The molecule has 0 fully saturated rings. The number of carbonyl (C=O) groups is 1. The predicted molar refractivity (Wildman–Crippen MR) is 81.3 cm³/mol. The molecular formula is C13H21NO5S2. The van der Waals surface area contributed by atoms with Gasteiger partial charge in [0.1, 0.15) is 4.88 Å². The summed E-state index contributed by atoms with van der Waals surface area (Å²) >= 11 is 0.912. The fourth-order valence-electron chi connectivity index (χ4n) is 1.90. The second-order valence-electron chi connectivity index (χ2n) is 6.11. The average Bonchev–Trinajstić information content (AvgIpc) is 2.67. The van der Waals surface area contributed by atoms with Gasteiger partial charge in [0.15, 0.2) is 0 Å². The van der Waals surface area contributed by atoms with Crippen molar-refractivity contribution in [1.29, 1.82) is 0 Å². The Morgan fingerprint density at radius 3 is 2.43 bits per heavy atom. The van der Waals surface area contributed by atoms with E-state index < -0.39 is 22.1 Å². The molecule has 0 saturated heterocycles. The van der Waals surface area contributed by atoms with Gasteiger partial charge in [-0.2, -0.15) is 0 Å². The maximum Gasteiger partial charge on any atom is 0.345 e. The van der Waals surface area contributed by atoms with Crippen molar-refractivity contribution >= 4 is 27.3 Å². The van der Waals surface area contributed by atoms with Gasteiger partial charge in [-0.1, -0.05) is 20.8 Å². The first-order chi connectivity index (χ1) is 9.42. The number of sulfonamides is 1. The Morgan fingerprint density at radius 2 is 2.00 bits per heavy atom. The van der Waals surface area contributed by atoms with Crippen molar-refractivity contribution in [2.75, 3.05) is 6.54 Å². The van der Waals surface area contributed by atoms with Crippen LogP contribution in [0.2, 0.25) is 0 Å². The number of carboxylic acid groups (broad SMARTS) is 1. The third-order valence-electron chi connectivity index (χ3n) is 2.73. The molecule has 1 aromatic rings. The number of thiophene rings is 1. The second kappa shape index (κ2) is 6.43. The maximum absolute atomic E-state index is 12.2. The van der Waals surface area contributed by atoms with Crippen LogP contribution in [0.4, 0.5) is 0 Å². The first-order valence-electron chi connectivity index (χ1n) is 6.44. The van der Waals surface area contributed by atoms with Crippen LogP contribution in [0.1, 0.15) is 41.7 Å². The molecule has 0 saturated carbocycles. The zero-order valence-corrected chi connectivity index (χ0v) is 14.1. The van der Waals surface area contributed by atoms with Crippen LogP contribution in [0.15, 0.2) is 11.0 Å². The molecule has 0 aliphatic heterocycles. The van der Waals surface area contributed by atoms with Crippen LogP contribution in [-0.4, -0.2) is 37.2 Å². The van der Waals surface area contributed by atoms with E-state index in [1.807, 2.05) is 20.8 Å². The van der Waals surface area contributed by atoms with E-state index in [0.717, 1.165) is 17.4 Å². The highest BCUT2D eigenvalue weighted by Gasteiger charge is 2.24. The lowest BCUT2D eigenvalue weighted by molar-refractivity contribution is 0.0702. The summed E-state index contributed by atoms with van der Waals surface area (Å²) in [6.45, 7) is 7.31. The zero-order valence-electron chi connectivity index (χ0n) is 12.5. The van der Waals surface area contributed by atoms with Crippen molar-refractivity contribution in [2.24, 2.45) is 5.41 Å². The lowest BCUT2D eigenvalue weighted by Gasteiger charge is -2.22. The number of hydrogen-bond acceptors (Lipinski definition) is 5. The summed E-state index contributed by atoms with van der Waals surface area (Å²) in [4.78, 5) is 11.2. The Labute approximate surface area is 128 Å². The van der Waals surface area contributed by atoms with Gasteiger partial charge in [-0.3, -0.25) is 0 Å². The van der Waals surface area contributed by atoms with E-state index in [4.69, 9.17) is 5.11 Å². The van der Waals surface area contributed by atoms with E-state index in [1.165, 1.54) is 0 Å². The van der Waals surface area contributed by atoms with Crippen molar-refractivity contribution in [3.8, 4) is 0 Å². The quantitative estimate of drug-likeness (QED) is 0.736. The van der Waals surface area contributed by atoms with Gasteiger partial charge >= 0.3 is 5.97 Å². The lowest BCUT2D eigenvalue weighted by atomic mass is 9.89. The Balaban J connectivity index is 2.81. The van der Waals surface area contributed by atoms with Gasteiger partial charge in [-0.05, 0) is 24.8 Å². The highest BCUT2D eigenvalue weighted by Crippen LogP contribution is 2.26.